The normalized spacial score (nSPS) is 11.0. The molecule has 0 aliphatic rings. The highest BCUT2D eigenvalue weighted by Gasteiger charge is 2.10. The van der Waals surface area contributed by atoms with Gasteiger partial charge in [-0.15, -0.1) is 0 Å². The van der Waals surface area contributed by atoms with Gasteiger partial charge in [0.15, 0.2) is 5.82 Å². The van der Waals surface area contributed by atoms with E-state index in [0.717, 1.165) is 17.1 Å². The van der Waals surface area contributed by atoms with Crippen LogP contribution in [0.3, 0.4) is 0 Å². The molecule has 0 aromatic carbocycles. The van der Waals surface area contributed by atoms with Crippen molar-refractivity contribution in [3.63, 3.8) is 0 Å². The zero-order valence-electron chi connectivity index (χ0n) is 11.9. The molecule has 6 nitrogen and oxygen atoms in total. The lowest BCUT2D eigenvalue weighted by atomic mass is 10.2. The maximum atomic E-state index is 5.75. The molecule has 0 fully saturated rings. The van der Waals surface area contributed by atoms with Crippen molar-refractivity contribution in [3.05, 3.63) is 48.2 Å². The van der Waals surface area contributed by atoms with Crippen molar-refractivity contribution in [2.24, 2.45) is 0 Å². The average Bonchev–Trinajstić information content (AvgIpc) is 3.15. The fourth-order valence-electron chi connectivity index (χ4n) is 1.84. The first-order valence-electron chi connectivity index (χ1n) is 6.79. The maximum absolute atomic E-state index is 5.75. The number of aromatic nitrogens is 3. The van der Waals surface area contributed by atoms with Crippen LogP contribution in [0, 0.1) is 0 Å². The summed E-state index contributed by atoms with van der Waals surface area (Å²) < 4.78 is 10.9. The molecule has 3 rings (SSSR count). The number of hydrogen-bond donors (Lipinski definition) is 1. The Bertz CT molecular complexity index is 703. The highest BCUT2D eigenvalue weighted by atomic mass is 16.5. The SMILES string of the molecule is CC(C)c1noc(NCc2ccc(-c3cccnc3)o2)n1. The molecule has 108 valence electrons. The number of anilines is 1. The third kappa shape index (κ3) is 3.10. The Kier molecular flexibility index (Phi) is 3.68. The van der Waals surface area contributed by atoms with E-state index in [1.807, 2.05) is 38.1 Å². The number of pyridine rings is 1. The van der Waals surface area contributed by atoms with Gasteiger partial charge in [-0.05, 0) is 24.3 Å². The van der Waals surface area contributed by atoms with E-state index in [9.17, 15) is 0 Å². The van der Waals surface area contributed by atoms with E-state index in [-0.39, 0.29) is 5.92 Å². The fourth-order valence-corrected chi connectivity index (χ4v) is 1.84. The summed E-state index contributed by atoms with van der Waals surface area (Å²) in [4.78, 5) is 8.32. The smallest absolute Gasteiger partial charge is 0.321 e. The maximum Gasteiger partial charge on any atom is 0.321 e. The van der Waals surface area contributed by atoms with Crippen LogP contribution in [-0.2, 0) is 6.54 Å². The topological polar surface area (TPSA) is 77.0 Å². The molecule has 0 radical (unpaired) electrons. The molecule has 1 N–H and O–H groups in total. The van der Waals surface area contributed by atoms with Crippen LogP contribution in [0.15, 0.2) is 45.6 Å². The summed E-state index contributed by atoms with van der Waals surface area (Å²) in [5.41, 5.74) is 0.948. The van der Waals surface area contributed by atoms with Crippen LogP contribution in [0.5, 0.6) is 0 Å². The largest absolute Gasteiger partial charge is 0.459 e. The highest BCUT2D eigenvalue weighted by molar-refractivity contribution is 5.55. The molecular weight excluding hydrogens is 268 g/mol. The molecule has 0 saturated carbocycles. The van der Waals surface area contributed by atoms with Crippen LogP contribution in [0.25, 0.3) is 11.3 Å². The van der Waals surface area contributed by atoms with E-state index < -0.39 is 0 Å². The summed E-state index contributed by atoms with van der Waals surface area (Å²) in [5, 5.41) is 6.94. The number of furan rings is 1. The first-order chi connectivity index (χ1) is 10.2. The van der Waals surface area contributed by atoms with Crippen LogP contribution in [0.2, 0.25) is 0 Å². The molecule has 0 spiro atoms. The highest BCUT2D eigenvalue weighted by Crippen LogP contribution is 2.21. The fraction of sp³-hybridized carbons (Fsp3) is 0.267. The summed E-state index contributed by atoms with van der Waals surface area (Å²) in [7, 11) is 0. The second-order valence-electron chi connectivity index (χ2n) is 4.97. The average molecular weight is 284 g/mol. The van der Waals surface area contributed by atoms with Gasteiger partial charge in [-0.1, -0.05) is 19.0 Å². The zero-order valence-corrected chi connectivity index (χ0v) is 11.9. The molecule has 0 bridgehead atoms. The molecule has 6 heteroatoms. The van der Waals surface area contributed by atoms with Crippen molar-refractivity contribution in [3.8, 4) is 11.3 Å². The minimum Gasteiger partial charge on any atom is -0.459 e. The van der Waals surface area contributed by atoms with Gasteiger partial charge < -0.3 is 14.3 Å². The molecule has 3 aromatic rings. The summed E-state index contributed by atoms with van der Waals surface area (Å²) in [5.74, 6) is 2.50. The van der Waals surface area contributed by atoms with Crippen LogP contribution in [-0.4, -0.2) is 15.1 Å². The lowest BCUT2D eigenvalue weighted by Crippen LogP contribution is -1.98. The van der Waals surface area contributed by atoms with Crippen molar-refractivity contribution in [1.82, 2.24) is 15.1 Å². The second-order valence-corrected chi connectivity index (χ2v) is 4.97. The minimum absolute atomic E-state index is 0.241. The zero-order chi connectivity index (χ0) is 14.7. The quantitative estimate of drug-likeness (QED) is 0.773. The predicted octanol–water partition coefficient (Wildman–Crippen LogP) is 3.46. The third-order valence-electron chi connectivity index (χ3n) is 2.98. The number of nitrogens with one attached hydrogen (secondary N) is 1. The van der Waals surface area contributed by atoms with Crippen LogP contribution < -0.4 is 5.32 Å². The molecule has 0 amide bonds. The molecular formula is C15H16N4O2. The predicted molar refractivity (Wildman–Crippen MR) is 77.7 cm³/mol. The van der Waals surface area contributed by atoms with E-state index in [0.29, 0.717) is 18.4 Å². The van der Waals surface area contributed by atoms with Crippen LogP contribution in [0.1, 0.15) is 31.4 Å². The van der Waals surface area contributed by atoms with E-state index in [1.165, 1.54) is 0 Å². The van der Waals surface area contributed by atoms with Gasteiger partial charge in [0.2, 0.25) is 0 Å². The van der Waals surface area contributed by atoms with E-state index >= 15 is 0 Å². The summed E-state index contributed by atoms with van der Waals surface area (Å²) in [6.45, 7) is 4.52. The molecule has 0 saturated heterocycles. The Balaban J connectivity index is 1.65. The van der Waals surface area contributed by atoms with Gasteiger partial charge in [0.05, 0.1) is 6.54 Å². The van der Waals surface area contributed by atoms with Gasteiger partial charge in [0.1, 0.15) is 11.5 Å². The van der Waals surface area contributed by atoms with E-state index in [1.54, 1.807) is 12.4 Å². The second kappa shape index (κ2) is 5.78. The van der Waals surface area contributed by atoms with E-state index in [2.05, 4.69) is 20.4 Å². The monoisotopic (exact) mass is 284 g/mol. The lowest BCUT2D eigenvalue weighted by Gasteiger charge is -1.98. The third-order valence-corrected chi connectivity index (χ3v) is 2.98. The Morgan fingerprint density at radius 1 is 1.24 bits per heavy atom. The molecule has 0 atom stereocenters. The van der Waals surface area contributed by atoms with Gasteiger partial charge in [-0.2, -0.15) is 4.98 Å². The van der Waals surface area contributed by atoms with E-state index in [4.69, 9.17) is 8.94 Å². The van der Waals surface area contributed by atoms with Crippen molar-refractivity contribution in [2.45, 2.75) is 26.3 Å². The Labute approximate surface area is 122 Å². The first kappa shape index (κ1) is 13.4. The number of nitrogens with zero attached hydrogens (tertiary/aromatic N) is 3. The lowest BCUT2D eigenvalue weighted by molar-refractivity contribution is 0.417. The van der Waals surface area contributed by atoms with Gasteiger partial charge in [0, 0.05) is 23.9 Å². The van der Waals surface area contributed by atoms with Crippen molar-refractivity contribution in [2.75, 3.05) is 5.32 Å². The standard InChI is InChI=1S/C15H16N4O2/c1-10(2)14-18-15(21-19-14)17-9-12-5-6-13(20-12)11-4-3-7-16-8-11/h3-8,10H,9H2,1-2H3,(H,17,18,19). The molecule has 21 heavy (non-hydrogen) atoms. The van der Waals surface area contributed by atoms with Crippen molar-refractivity contribution < 1.29 is 8.94 Å². The first-order valence-corrected chi connectivity index (χ1v) is 6.79. The summed E-state index contributed by atoms with van der Waals surface area (Å²) in [6, 6.07) is 8.06. The summed E-state index contributed by atoms with van der Waals surface area (Å²) >= 11 is 0. The van der Waals surface area contributed by atoms with Crippen LogP contribution >= 0.6 is 0 Å². The van der Waals surface area contributed by atoms with Gasteiger partial charge in [-0.3, -0.25) is 4.98 Å². The van der Waals surface area contributed by atoms with Crippen molar-refractivity contribution >= 4 is 6.01 Å². The van der Waals surface area contributed by atoms with Crippen molar-refractivity contribution in [1.29, 1.82) is 0 Å². The number of hydrogen-bond acceptors (Lipinski definition) is 6. The van der Waals surface area contributed by atoms with Crippen LogP contribution in [0.4, 0.5) is 6.01 Å². The Morgan fingerprint density at radius 3 is 2.86 bits per heavy atom. The molecule has 3 aromatic heterocycles. The van der Waals surface area contributed by atoms with Gasteiger partial charge in [-0.25, -0.2) is 0 Å². The number of rotatable bonds is 5. The van der Waals surface area contributed by atoms with Gasteiger partial charge >= 0.3 is 6.01 Å². The Hall–Kier alpha value is -2.63. The summed E-state index contributed by atoms with van der Waals surface area (Å²) in [6.07, 6.45) is 3.50. The Morgan fingerprint density at radius 2 is 2.14 bits per heavy atom. The molecule has 0 aliphatic carbocycles. The van der Waals surface area contributed by atoms with Gasteiger partial charge in [0.25, 0.3) is 0 Å². The molecule has 3 heterocycles. The molecule has 0 aliphatic heterocycles. The minimum atomic E-state index is 0.241. The molecule has 0 unspecified atom stereocenters.